The van der Waals surface area contributed by atoms with Crippen LogP contribution in [0.25, 0.3) is 0 Å². The van der Waals surface area contributed by atoms with Crippen molar-refractivity contribution in [2.45, 2.75) is 45.4 Å². The average molecular weight is 340 g/mol. The van der Waals surface area contributed by atoms with Gasteiger partial charge in [-0.25, -0.2) is 0 Å². The van der Waals surface area contributed by atoms with E-state index in [4.69, 9.17) is 10.5 Å². The maximum atomic E-state index is 6.15. The van der Waals surface area contributed by atoms with Gasteiger partial charge < -0.3 is 10.5 Å². The minimum absolute atomic E-state index is 0.264. The smallest absolute Gasteiger partial charge is 0.122 e. The lowest BCUT2D eigenvalue weighted by atomic mass is 9.67. The van der Waals surface area contributed by atoms with Crippen LogP contribution in [-0.4, -0.2) is 13.7 Å². The minimum Gasteiger partial charge on any atom is -0.496 e. The molecule has 3 heteroatoms. The largest absolute Gasteiger partial charge is 0.496 e. The van der Waals surface area contributed by atoms with Crippen molar-refractivity contribution in [1.29, 1.82) is 0 Å². The molecule has 0 spiro atoms. The van der Waals surface area contributed by atoms with Crippen LogP contribution in [0.15, 0.2) is 22.7 Å². The second-order valence-electron chi connectivity index (χ2n) is 6.19. The summed E-state index contributed by atoms with van der Waals surface area (Å²) < 4.78 is 6.63. The van der Waals surface area contributed by atoms with Gasteiger partial charge in [0.2, 0.25) is 0 Å². The van der Waals surface area contributed by atoms with Crippen LogP contribution in [-0.2, 0) is 6.42 Å². The van der Waals surface area contributed by atoms with Crippen LogP contribution in [0.5, 0.6) is 5.75 Å². The summed E-state index contributed by atoms with van der Waals surface area (Å²) in [6, 6.07) is 6.26. The Labute approximate surface area is 131 Å². The Balaban J connectivity index is 2.16. The molecule has 0 saturated heterocycles. The van der Waals surface area contributed by atoms with Crippen molar-refractivity contribution in [3.8, 4) is 5.75 Å². The van der Waals surface area contributed by atoms with Crippen molar-refractivity contribution in [1.82, 2.24) is 0 Å². The zero-order chi connectivity index (χ0) is 14.6. The van der Waals surface area contributed by atoms with E-state index in [1.54, 1.807) is 7.11 Å². The van der Waals surface area contributed by atoms with E-state index in [0.29, 0.717) is 0 Å². The lowest BCUT2D eigenvalue weighted by molar-refractivity contribution is 0.152. The molecule has 1 saturated carbocycles. The summed E-state index contributed by atoms with van der Waals surface area (Å²) in [5.74, 6) is 1.89. The van der Waals surface area contributed by atoms with Gasteiger partial charge in [0.25, 0.3) is 0 Å². The summed E-state index contributed by atoms with van der Waals surface area (Å²) in [6.07, 6.45) is 7.48. The molecule has 1 aliphatic rings. The van der Waals surface area contributed by atoms with E-state index < -0.39 is 0 Å². The number of ether oxygens (including phenoxy) is 1. The molecule has 2 rings (SSSR count). The van der Waals surface area contributed by atoms with Crippen molar-refractivity contribution in [2.75, 3.05) is 13.7 Å². The van der Waals surface area contributed by atoms with Gasteiger partial charge in [-0.05, 0) is 73.7 Å². The van der Waals surface area contributed by atoms with Gasteiger partial charge in [0, 0.05) is 4.47 Å². The molecule has 0 radical (unpaired) electrons. The van der Waals surface area contributed by atoms with Gasteiger partial charge in [-0.3, -0.25) is 0 Å². The Bertz CT molecular complexity index is 439. The molecule has 0 aliphatic heterocycles. The molecule has 1 aromatic carbocycles. The van der Waals surface area contributed by atoms with Crippen LogP contribution < -0.4 is 10.5 Å². The zero-order valence-electron chi connectivity index (χ0n) is 12.6. The molecule has 0 unspecified atom stereocenters. The molecule has 20 heavy (non-hydrogen) atoms. The highest BCUT2D eigenvalue weighted by Crippen LogP contribution is 2.43. The van der Waals surface area contributed by atoms with Crippen molar-refractivity contribution in [2.24, 2.45) is 17.1 Å². The molecule has 0 atom stereocenters. The van der Waals surface area contributed by atoms with Crippen LogP contribution in [0.3, 0.4) is 0 Å². The summed E-state index contributed by atoms with van der Waals surface area (Å²) in [4.78, 5) is 0. The number of rotatable bonds is 5. The van der Waals surface area contributed by atoms with Gasteiger partial charge in [0.15, 0.2) is 0 Å². The number of nitrogens with two attached hydrogens (primary N) is 1. The topological polar surface area (TPSA) is 35.2 Å². The third-order valence-electron chi connectivity index (χ3n) is 4.98. The van der Waals surface area contributed by atoms with Crippen LogP contribution >= 0.6 is 15.9 Å². The fourth-order valence-electron chi connectivity index (χ4n) is 3.44. The average Bonchev–Trinajstić information content (AvgIpc) is 2.48. The molecular formula is C17H26BrNO. The number of methoxy groups -OCH3 is 1. The first-order valence-electron chi connectivity index (χ1n) is 7.65. The molecule has 1 fully saturated rings. The van der Waals surface area contributed by atoms with Crippen LogP contribution in [0.2, 0.25) is 0 Å². The van der Waals surface area contributed by atoms with Gasteiger partial charge in [0.05, 0.1) is 7.11 Å². The molecule has 0 bridgehead atoms. The van der Waals surface area contributed by atoms with Crippen LogP contribution in [0.1, 0.15) is 44.6 Å². The number of hydrogen-bond donors (Lipinski definition) is 1. The van der Waals surface area contributed by atoms with Crippen LogP contribution in [0, 0.1) is 11.3 Å². The molecule has 2 N–H and O–H groups in total. The quantitative estimate of drug-likeness (QED) is 0.854. The van der Waals surface area contributed by atoms with E-state index in [9.17, 15) is 0 Å². The van der Waals surface area contributed by atoms with Crippen molar-refractivity contribution in [3.63, 3.8) is 0 Å². The van der Waals surface area contributed by atoms with Gasteiger partial charge in [0.1, 0.15) is 5.75 Å². The molecule has 1 aliphatic carbocycles. The second-order valence-corrected chi connectivity index (χ2v) is 7.10. The summed E-state index contributed by atoms with van der Waals surface area (Å²) in [6.45, 7) is 3.08. The number of halogens is 1. The van der Waals surface area contributed by atoms with Crippen LogP contribution in [0.4, 0.5) is 0 Å². The first-order valence-corrected chi connectivity index (χ1v) is 8.44. The van der Waals surface area contributed by atoms with E-state index >= 15 is 0 Å². The zero-order valence-corrected chi connectivity index (χ0v) is 14.2. The number of benzene rings is 1. The predicted molar refractivity (Wildman–Crippen MR) is 88.1 cm³/mol. The number of hydrogen-bond acceptors (Lipinski definition) is 2. The first-order chi connectivity index (χ1) is 9.62. The Morgan fingerprint density at radius 3 is 2.60 bits per heavy atom. The second kappa shape index (κ2) is 6.95. The van der Waals surface area contributed by atoms with Gasteiger partial charge in [-0.2, -0.15) is 0 Å². The Hall–Kier alpha value is -0.540. The van der Waals surface area contributed by atoms with Gasteiger partial charge in [-0.1, -0.05) is 29.3 Å². The summed E-state index contributed by atoms with van der Waals surface area (Å²) in [7, 11) is 1.75. The first kappa shape index (κ1) is 15.8. The lowest BCUT2D eigenvalue weighted by Gasteiger charge is -2.39. The normalized spacial score (nSPS) is 26.5. The highest BCUT2D eigenvalue weighted by Gasteiger charge is 2.34. The Kier molecular flexibility index (Phi) is 5.50. The third-order valence-corrected chi connectivity index (χ3v) is 5.48. The van der Waals surface area contributed by atoms with E-state index in [0.717, 1.165) is 29.1 Å². The predicted octanol–water partition coefficient (Wildman–Crippen LogP) is 4.55. The molecule has 0 aromatic heterocycles. The van der Waals surface area contributed by atoms with E-state index in [1.165, 1.54) is 37.7 Å². The monoisotopic (exact) mass is 339 g/mol. The lowest BCUT2D eigenvalue weighted by Crippen LogP contribution is -2.36. The fourth-order valence-corrected chi connectivity index (χ4v) is 3.85. The van der Waals surface area contributed by atoms with Gasteiger partial charge >= 0.3 is 0 Å². The van der Waals surface area contributed by atoms with Crippen molar-refractivity contribution in [3.05, 3.63) is 28.2 Å². The Morgan fingerprint density at radius 2 is 2.05 bits per heavy atom. The van der Waals surface area contributed by atoms with E-state index in [-0.39, 0.29) is 5.41 Å². The Morgan fingerprint density at radius 1 is 1.35 bits per heavy atom. The van der Waals surface area contributed by atoms with E-state index in [1.807, 2.05) is 12.1 Å². The molecule has 2 nitrogen and oxygen atoms in total. The summed E-state index contributed by atoms with van der Waals surface area (Å²) in [5.41, 5.74) is 7.69. The highest BCUT2D eigenvalue weighted by molar-refractivity contribution is 9.10. The maximum absolute atomic E-state index is 6.15. The summed E-state index contributed by atoms with van der Waals surface area (Å²) >= 11 is 3.56. The van der Waals surface area contributed by atoms with E-state index in [2.05, 4.69) is 28.9 Å². The van der Waals surface area contributed by atoms with Crippen molar-refractivity contribution < 1.29 is 4.74 Å². The molecule has 1 aromatic rings. The molecule has 0 heterocycles. The van der Waals surface area contributed by atoms with Crippen molar-refractivity contribution >= 4 is 15.9 Å². The minimum atomic E-state index is 0.264. The third kappa shape index (κ3) is 3.56. The van der Waals surface area contributed by atoms with Gasteiger partial charge in [-0.15, -0.1) is 0 Å². The standard InChI is InChI=1S/C17H26BrNO/c1-3-13-6-8-17(12-19,9-7-13)11-14-10-15(18)4-5-16(14)20-2/h4-5,10,13H,3,6-9,11-12,19H2,1-2H3. The SMILES string of the molecule is CCC1CCC(CN)(Cc2cc(Br)ccc2OC)CC1. The maximum Gasteiger partial charge on any atom is 0.122 e. The molecular weight excluding hydrogens is 314 g/mol. The summed E-state index contributed by atoms with van der Waals surface area (Å²) in [5, 5.41) is 0. The fraction of sp³-hybridized carbons (Fsp3) is 0.647. The molecule has 0 amide bonds. The molecule has 112 valence electrons. The highest BCUT2D eigenvalue weighted by atomic mass is 79.9.